The maximum Gasteiger partial charge on any atom is 0.250 e. The molecule has 0 unspecified atom stereocenters. The van der Waals surface area contributed by atoms with E-state index in [1.807, 2.05) is 13.8 Å². The molecule has 0 fully saturated rings. The predicted octanol–water partition coefficient (Wildman–Crippen LogP) is 0.370. The average molecular weight is 156 g/mol. The van der Waals surface area contributed by atoms with Crippen molar-refractivity contribution in [3.05, 3.63) is 12.2 Å². The number of nitrogens with two attached hydrogens (primary N) is 1. The van der Waals surface area contributed by atoms with Gasteiger partial charge in [0.1, 0.15) is 0 Å². The van der Waals surface area contributed by atoms with Crippen LogP contribution in [-0.4, -0.2) is 30.4 Å². The normalized spacial score (nSPS) is 9.36. The zero-order valence-electron chi connectivity index (χ0n) is 7.26. The fourth-order valence-electron chi connectivity index (χ4n) is 0.822. The number of hydrogen-bond acceptors (Lipinski definition) is 2. The van der Waals surface area contributed by atoms with Crippen molar-refractivity contribution in [1.82, 2.24) is 4.90 Å². The molecule has 64 valence electrons. The second kappa shape index (κ2) is 4.91. The lowest BCUT2D eigenvalue weighted by Crippen LogP contribution is -2.33. The summed E-state index contributed by atoms with van der Waals surface area (Å²) in [6.45, 7) is 9.12. The molecule has 2 N–H and O–H groups in total. The minimum absolute atomic E-state index is 0.0301. The van der Waals surface area contributed by atoms with Crippen LogP contribution in [-0.2, 0) is 4.79 Å². The van der Waals surface area contributed by atoms with E-state index in [0.717, 1.165) is 0 Å². The third kappa shape index (κ3) is 2.72. The Morgan fingerprint density at radius 3 is 2.18 bits per heavy atom. The third-order valence-electron chi connectivity index (χ3n) is 1.60. The van der Waals surface area contributed by atoms with Crippen molar-refractivity contribution in [2.75, 3.05) is 19.6 Å². The molecule has 0 atom stereocenters. The van der Waals surface area contributed by atoms with Crippen LogP contribution in [0.25, 0.3) is 0 Å². The highest BCUT2D eigenvalue weighted by atomic mass is 16.2. The quantitative estimate of drug-likeness (QED) is 0.598. The number of likely N-dealkylation sites (N-methyl/N-ethyl adjacent to an activating group) is 1. The highest BCUT2D eigenvalue weighted by molar-refractivity contribution is 5.93. The molecule has 0 rings (SSSR count). The van der Waals surface area contributed by atoms with Gasteiger partial charge in [0.05, 0.1) is 0 Å². The van der Waals surface area contributed by atoms with Crippen molar-refractivity contribution in [1.29, 1.82) is 0 Å². The van der Waals surface area contributed by atoms with Crippen LogP contribution in [0.15, 0.2) is 12.2 Å². The molecule has 0 aliphatic rings. The van der Waals surface area contributed by atoms with E-state index in [0.29, 0.717) is 18.7 Å². The van der Waals surface area contributed by atoms with E-state index in [-0.39, 0.29) is 12.5 Å². The van der Waals surface area contributed by atoms with Gasteiger partial charge in [-0.25, -0.2) is 0 Å². The first kappa shape index (κ1) is 10.2. The standard InChI is InChI=1S/C8H16N2O/c1-4-10(5-2)8(11)7(3)6-9/h3-6,9H2,1-2H3. The van der Waals surface area contributed by atoms with Gasteiger partial charge in [0, 0.05) is 25.2 Å². The van der Waals surface area contributed by atoms with Gasteiger partial charge in [-0.2, -0.15) is 0 Å². The van der Waals surface area contributed by atoms with Crippen molar-refractivity contribution in [2.45, 2.75) is 13.8 Å². The fraction of sp³-hybridized carbons (Fsp3) is 0.625. The van der Waals surface area contributed by atoms with E-state index in [1.54, 1.807) is 4.90 Å². The van der Waals surface area contributed by atoms with Gasteiger partial charge in [0.25, 0.3) is 0 Å². The first-order chi connectivity index (χ1) is 5.17. The smallest absolute Gasteiger partial charge is 0.250 e. The molecular formula is C8H16N2O. The lowest BCUT2D eigenvalue weighted by molar-refractivity contribution is -0.126. The molecule has 0 aliphatic heterocycles. The van der Waals surface area contributed by atoms with Crippen molar-refractivity contribution >= 4 is 5.91 Å². The van der Waals surface area contributed by atoms with Crippen LogP contribution in [0.3, 0.4) is 0 Å². The first-order valence-electron chi connectivity index (χ1n) is 3.84. The van der Waals surface area contributed by atoms with Gasteiger partial charge >= 0.3 is 0 Å². The third-order valence-corrected chi connectivity index (χ3v) is 1.60. The summed E-state index contributed by atoms with van der Waals surface area (Å²) >= 11 is 0. The molecule has 11 heavy (non-hydrogen) atoms. The van der Waals surface area contributed by atoms with Gasteiger partial charge in [-0.05, 0) is 13.8 Å². The van der Waals surface area contributed by atoms with E-state index in [4.69, 9.17) is 5.73 Å². The van der Waals surface area contributed by atoms with Gasteiger partial charge in [-0.1, -0.05) is 6.58 Å². The summed E-state index contributed by atoms with van der Waals surface area (Å²) in [5, 5.41) is 0. The highest BCUT2D eigenvalue weighted by Gasteiger charge is 2.10. The molecule has 1 amide bonds. The Bertz CT molecular complexity index is 150. The first-order valence-corrected chi connectivity index (χ1v) is 3.84. The topological polar surface area (TPSA) is 46.3 Å². The maximum absolute atomic E-state index is 11.3. The molecule has 0 saturated carbocycles. The van der Waals surface area contributed by atoms with Crippen molar-refractivity contribution in [3.63, 3.8) is 0 Å². The van der Waals surface area contributed by atoms with E-state index >= 15 is 0 Å². The zero-order valence-corrected chi connectivity index (χ0v) is 7.26. The van der Waals surface area contributed by atoms with Gasteiger partial charge in [0.15, 0.2) is 0 Å². The Morgan fingerprint density at radius 1 is 1.45 bits per heavy atom. The summed E-state index contributed by atoms with van der Waals surface area (Å²) < 4.78 is 0. The lowest BCUT2D eigenvalue weighted by Gasteiger charge is -2.18. The number of amides is 1. The number of hydrogen-bond donors (Lipinski definition) is 1. The molecule has 0 radical (unpaired) electrons. The summed E-state index contributed by atoms with van der Waals surface area (Å²) in [7, 11) is 0. The Labute approximate surface area is 67.9 Å². The monoisotopic (exact) mass is 156 g/mol. The maximum atomic E-state index is 11.3. The van der Waals surface area contributed by atoms with E-state index in [1.165, 1.54) is 0 Å². The highest BCUT2D eigenvalue weighted by Crippen LogP contribution is 1.96. The van der Waals surface area contributed by atoms with Crippen LogP contribution < -0.4 is 5.73 Å². The second-order valence-corrected chi connectivity index (χ2v) is 2.29. The molecule has 0 spiro atoms. The van der Waals surface area contributed by atoms with Crippen LogP contribution in [0.1, 0.15) is 13.8 Å². The molecular weight excluding hydrogens is 140 g/mol. The largest absolute Gasteiger partial charge is 0.339 e. The second-order valence-electron chi connectivity index (χ2n) is 2.29. The summed E-state index contributed by atoms with van der Waals surface area (Å²) in [6, 6.07) is 0. The van der Waals surface area contributed by atoms with Gasteiger partial charge in [-0.3, -0.25) is 4.79 Å². The number of rotatable bonds is 4. The minimum Gasteiger partial charge on any atom is -0.339 e. The molecule has 3 nitrogen and oxygen atoms in total. The summed E-state index contributed by atoms with van der Waals surface area (Å²) in [5.74, 6) is -0.0301. The molecule has 0 aromatic rings. The van der Waals surface area contributed by atoms with Crippen molar-refractivity contribution < 1.29 is 4.79 Å². The Kier molecular flexibility index (Phi) is 4.54. The van der Waals surface area contributed by atoms with E-state index in [9.17, 15) is 4.79 Å². The average Bonchev–Trinajstić information content (AvgIpc) is 2.05. The van der Waals surface area contributed by atoms with Gasteiger partial charge in [0.2, 0.25) is 5.91 Å². The van der Waals surface area contributed by atoms with Crippen LogP contribution in [0.4, 0.5) is 0 Å². The molecule has 0 aliphatic carbocycles. The van der Waals surface area contributed by atoms with Crippen molar-refractivity contribution in [2.24, 2.45) is 5.73 Å². The van der Waals surface area contributed by atoms with Crippen LogP contribution in [0, 0.1) is 0 Å². The van der Waals surface area contributed by atoms with Gasteiger partial charge in [-0.15, -0.1) is 0 Å². The Balaban J connectivity index is 4.09. The summed E-state index contributed by atoms with van der Waals surface area (Å²) in [5.41, 5.74) is 5.75. The SMILES string of the molecule is C=C(CN)C(=O)N(CC)CC. The van der Waals surface area contributed by atoms with Crippen LogP contribution >= 0.6 is 0 Å². The Morgan fingerprint density at radius 2 is 1.91 bits per heavy atom. The molecule has 0 heterocycles. The molecule has 0 aromatic heterocycles. The summed E-state index contributed by atoms with van der Waals surface area (Å²) in [6.07, 6.45) is 0. The zero-order chi connectivity index (χ0) is 8.85. The van der Waals surface area contributed by atoms with Crippen LogP contribution in [0.5, 0.6) is 0 Å². The molecule has 0 saturated heterocycles. The Hall–Kier alpha value is -0.830. The summed E-state index contributed by atoms with van der Waals surface area (Å²) in [4.78, 5) is 13.0. The molecule has 0 aromatic carbocycles. The number of carbonyl (C=O) groups is 1. The van der Waals surface area contributed by atoms with E-state index in [2.05, 4.69) is 6.58 Å². The fourth-order valence-corrected chi connectivity index (χ4v) is 0.822. The van der Waals surface area contributed by atoms with Crippen molar-refractivity contribution in [3.8, 4) is 0 Å². The van der Waals surface area contributed by atoms with Crippen LogP contribution in [0.2, 0.25) is 0 Å². The number of carbonyl (C=O) groups excluding carboxylic acids is 1. The number of nitrogens with zero attached hydrogens (tertiary/aromatic N) is 1. The minimum atomic E-state index is -0.0301. The predicted molar refractivity (Wildman–Crippen MR) is 46.1 cm³/mol. The van der Waals surface area contributed by atoms with E-state index < -0.39 is 0 Å². The van der Waals surface area contributed by atoms with Gasteiger partial charge < -0.3 is 10.6 Å². The molecule has 3 heteroatoms. The lowest BCUT2D eigenvalue weighted by atomic mass is 10.2. The molecule has 0 bridgehead atoms.